The largest absolute Gasteiger partial charge is 0.435 e. The van der Waals surface area contributed by atoms with Crippen molar-refractivity contribution >= 4 is 5.69 Å². The van der Waals surface area contributed by atoms with Crippen LogP contribution >= 0.6 is 0 Å². The van der Waals surface area contributed by atoms with Crippen molar-refractivity contribution in [3.63, 3.8) is 0 Å². The van der Waals surface area contributed by atoms with Gasteiger partial charge in [0.1, 0.15) is 5.75 Å². The van der Waals surface area contributed by atoms with Crippen molar-refractivity contribution < 1.29 is 13.5 Å². The van der Waals surface area contributed by atoms with Gasteiger partial charge in [0.05, 0.1) is 0 Å². The van der Waals surface area contributed by atoms with E-state index in [0.717, 1.165) is 31.6 Å². The van der Waals surface area contributed by atoms with Gasteiger partial charge in [0, 0.05) is 18.8 Å². The Kier molecular flexibility index (Phi) is 3.59. The van der Waals surface area contributed by atoms with Crippen LogP contribution < -0.4 is 9.64 Å². The van der Waals surface area contributed by atoms with E-state index in [1.54, 1.807) is 12.1 Å². The van der Waals surface area contributed by atoms with Gasteiger partial charge in [0.15, 0.2) is 0 Å². The highest BCUT2D eigenvalue weighted by atomic mass is 19.3. The van der Waals surface area contributed by atoms with Crippen LogP contribution in [-0.4, -0.2) is 19.7 Å². The Hall–Kier alpha value is -1.32. The number of hydrogen-bond acceptors (Lipinski definition) is 2. The smallest absolute Gasteiger partial charge is 0.387 e. The van der Waals surface area contributed by atoms with Crippen LogP contribution in [0.3, 0.4) is 0 Å². The molecule has 1 aromatic rings. The highest BCUT2D eigenvalue weighted by molar-refractivity contribution is 5.49. The number of benzene rings is 1. The van der Waals surface area contributed by atoms with Crippen LogP contribution in [0.25, 0.3) is 0 Å². The van der Waals surface area contributed by atoms with Gasteiger partial charge in [-0.1, -0.05) is 0 Å². The van der Waals surface area contributed by atoms with Crippen LogP contribution in [0.15, 0.2) is 24.3 Å². The second-order valence-corrected chi connectivity index (χ2v) is 3.75. The lowest BCUT2D eigenvalue weighted by Crippen LogP contribution is -2.29. The molecule has 1 saturated heterocycles. The van der Waals surface area contributed by atoms with E-state index in [2.05, 4.69) is 16.1 Å². The van der Waals surface area contributed by atoms with Crippen molar-refractivity contribution in [1.29, 1.82) is 0 Å². The average molecular weight is 226 g/mol. The molecule has 4 heteroatoms. The molecule has 1 fully saturated rings. The van der Waals surface area contributed by atoms with Crippen molar-refractivity contribution in [2.45, 2.75) is 19.5 Å². The lowest BCUT2D eigenvalue weighted by atomic mass is 10.1. The van der Waals surface area contributed by atoms with Crippen LogP contribution in [-0.2, 0) is 0 Å². The molecule has 16 heavy (non-hydrogen) atoms. The first-order valence-electron chi connectivity index (χ1n) is 5.37. The number of hydrogen-bond donors (Lipinski definition) is 0. The fraction of sp³-hybridized carbons (Fsp3) is 0.417. The zero-order valence-corrected chi connectivity index (χ0v) is 8.90. The SMILES string of the molecule is FC(F)Oc1ccc(N2C[CH]CCC2)cc1. The lowest BCUT2D eigenvalue weighted by molar-refractivity contribution is -0.0498. The van der Waals surface area contributed by atoms with Crippen molar-refractivity contribution in [3.8, 4) is 5.75 Å². The Morgan fingerprint density at radius 3 is 2.50 bits per heavy atom. The maximum atomic E-state index is 11.9. The second-order valence-electron chi connectivity index (χ2n) is 3.75. The molecule has 0 N–H and O–H groups in total. The minimum absolute atomic E-state index is 0.208. The maximum Gasteiger partial charge on any atom is 0.387 e. The monoisotopic (exact) mass is 226 g/mol. The van der Waals surface area contributed by atoms with Gasteiger partial charge in [-0.15, -0.1) is 0 Å². The summed E-state index contributed by atoms with van der Waals surface area (Å²) >= 11 is 0. The molecule has 2 nitrogen and oxygen atoms in total. The van der Waals surface area contributed by atoms with E-state index in [1.165, 1.54) is 0 Å². The van der Waals surface area contributed by atoms with Crippen molar-refractivity contribution in [1.82, 2.24) is 0 Å². The fourth-order valence-corrected chi connectivity index (χ4v) is 1.84. The molecular formula is C12H14F2NO. The number of anilines is 1. The van der Waals surface area contributed by atoms with Crippen LogP contribution in [0, 0.1) is 6.42 Å². The minimum atomic E-state index is -2.76. The first kappa shape index (κ1) is 11.2. The predicted molar refractivity (Wildman–Crippen MR) is 58.8 cm³/mol. The van der Waals surface area contributed by atoms with Crippen LogP contribution in [0.2, 0.25) is 0 Å². The molecule has 0 bridgehead atoms. The highest BCUT2D eigenvalue weighted by Crippen LogP contribution is 2.23. The van der Waals surface area contributed by atoms with E-state index >= 15 is 0 Å². The maximum absolute atomic E-state index is 11.9. The Labute approximate surface area is 93.8 Å². The van der Waals surface area contributed by atoms with Gasteiger partial charge >= 0.3 is 6.61 Å². The number of ether oxygens (including phenoxy) is 1. The van der Waals surface area contributed by atoms with Gasteiger partial charge < -0.3 is 9.64 Å². The second kappa shape index (κ2) is 5.14. The van der Waals surface area contributed by atoms with Crippen molar-refractivity contribution in [2.75, 3.05) is 18.0 Å². The molecule has 0 amide bonds. The molecular weight excluding hydrogens is 212 g/mol. The first-order chi connectivity index (χ1) is 7.75. The van der Waals surface area contributed by atoms with Crippen molar-refractivity contribution in [3.05, 3.63) is 30.7 Å². The van der Waals surface area contributed by atoms with E-state index < -0.39 is 6.61 Å². The van der Waals surface area contributed by atoms with Gasteiger partial charge in [-0.2, -0.15) is 8.78 Å². The molecule has 0 saturated carbocycles. The van der Waals surface area contributed by atoms with E-state index in [9.17, 15) is 8.78 Å². The number of rotatable bonds is 3. The van der Waals surface area contributed by atoms with Gasteiger partial charge in [-0.3, -0.25) is 0 Å². The molecule has 0 aromatic heterocycles. The summed E-state index contributed by atoms with van der Waals surface area (Å²) in [7, 11) is 0. The summed E-state index contributed by atoms with van der Waals surface area (Å²) < 4.78 is 28.2. The van der Waals surface area contributed by atoms with Gasteiger partial charge in [-0.05, 0) is 43.5 Å². The molecule has 0 unspecified atom stereocenters. The molecule has 1 aromatic carbocycles. The third-order valence-corrected chi connectivity index (χ3v) is 2.61. The van der Waals surface area contributed by atoms with E-state index in [4.69, 9.17) is 0 Å². The van der Waals surface area contributed by atoms with Gasteiger partial charge in [0.2, 0.25) is 0 Å². The van der Waals surface area contributed by atoms with Crippen LogP contribution in [0.5, 0.6) is 5.75 Å². The zero-order chi connectivity index (χ0) is 11.4. The zero-order valence-electron chi connectivity index (χ0n) is 8.90. The molecule has 0 spiro atoms. The summed E-state index contributed by atoms with van der Waals surface area (Å²) in [5.41, 5.74) is 1.05. The minimum Gasteiger partial charge on any atom is -0.435 e. The number of halogens is 2. The summed E-state index contributed by atoms with van der Waals surface area (Å²) in [6.45, 7) is -0.810. The molecule has 0 aliphatic carbocycles. The summed E-state index contributed by atoms with van der Waals surface area (Å²) in [5, 5.41) is 0. The van der Waals surface area contributed by atoms with Crippen LogP contribution in [0.1, 0.15) is 12.8 Å². The summed E-state index contributed by atoms with van der Waals surface area (Å²) in [4.78, 5) is 2.22. The summed E-state index contributed by atoms with van der Waals surface area (Å²) in [5.74, 6) is 0.208. The molecule has 1 aliphatic rings. The number of alkyl halides is 2. The molecule has 2 rings (SSSR count). The molecule has 0 atom stereocenters. The fourth-order valence-electron chi connectivity index (χ4n) is 1.84. The van der Waals surface area contributed by atoms with E-state index in [-0.39, 0.29) is 5.75 Å². The van der Waals surface area contributed by atoms with Gasteiger partial charge in [0.25, 0.3) is 0 Å². The lowest BCUT2D eigenvalue weighted by Gasteiger charge is -2.28. The first-order valence-corrected chi connectivity index (χ1v) is 5.37. The highest BCUT2D eigenvalue weighted by Gasteiger charge is 2.11. The van der Waals surface area contributed by atoms with Crippen LogP contribution in [0.4, 0.5) is 14.5 Å². The Bertz CT molecular complexity index is 320. The van der Waals surface area contributed by atoms with Crippen molar-refractivity contribution in [2.24, 2.45) is 0 Å². The third-order valence-electron chi connectivity index (χ3n) is 2.61. The number of nitrogens with zero attached hydrogens (tertiary/aromatic N) is 1. The molecule has 1 radical (unpaired) electrons. The predicted octanol–water partition coefficient (Wildman–Crippen LogP) is 3.09. The Morgan fingerprint density at radius 1 is 1.19 bits per heavy atom. The summed E-state index contributed by atoms with van der Waals surface area (Å²) in [6.07, 6.45) is 4.53. The topological polar surface area (TPSA) is 12.5 Å². The normalized spacial score (nSPS) is 16.6. The quantitative estimate of drug-likeness (QED) is 0.785. The average Bonchev–Trinajstić information content (AvgIpc) is 2.30. The Morgan fingerprint density at radius 2 is 1.94 bits per heavy atom. The molecule has 87 valence electrons. The third kappa shape index (κ3) is 2.84. The van der Waals surface area contributed by atoms with E-state index in [0.29, 0.717) is 0 Å². The number of piperidine rings is 1. The molecule has 1 heterocycles. The Balaban J connectivity index is 2.00. The van der Waals surface area contributed by atoms with E-state index in [1.807, 2.05) is 12.1 Å². The van der Waals surface area contributed by atoms with Gasteiger partial charge in [-0.25, -0.2) is 0 Å². The summed E-state index contributed by atoms with van der Waals surface area (Å²) in [6, 6.07) is 6.79. The molecule has 1 aliphatic heterocycles. The standard InChI is InChI=1S/C12H14F2NO/c13-12(14)16-11-6-4-10(5-7-11)15-8-2-1-3-9-15/h2,4-7,12H,1,3,8-9H2.